The summed E-state index contributed by atoms with van der Waals surface area (Å²) in [5.74, 6) is 0.538. The molecule has 0 spiro atoms. The van der Waals surface area contributed by atoms with Crippen LogP contribution in [0.4, 0.5) is 4.79 Å². The molecule has 30 heavy (non-hydrogen) atoms. The van der Waals surface area contributed by atoms with E-state index in [1.807, 2.05) is 0 Å². The summed E-state index contributed by atoms with van der Waals surface area (Å²) in [6.45, 7) is 1.05. The van der Waals surface area contributed by atoms with E-state index in [1.54, 1.807) is 12.1 Å². The van der Waals surface area contributed by atoms with Crippen molar-refractivity contribution in [3.63, 3.8) is 0 Å². The largest absolute Gasteiger partial charge is 0.497 e. The summed E-state index contributed by atoms with van der Waals surface area (Å²) in [6, 6.07) is 6.49. The number of amides is 1. The first-order valence-electron chi connectivity index (χ1n) is 10.7. The molecule has 0 atom stereocenters. The van der Waals surface area contributed by atoms with E-state index in [-0.39, 0.29) is 17.7 Å². The standard InChI is InChI=1S/C21H32N2O6S/c1-28-18-9-11-19(12-10-18)30(26,27)21(29-20(24)22-25)13-15-23(16-14-21)17-7-5-3-2-4-6-8-17/h9-12,17,25H,2-8,13-16H2,1H3,(H,22,24). The van der Waals surface area contributed by atoms with E-state index >= 15 is 0 Å². The van der Waals surface area contributed by atoms with Gasteiger partial charge >= 0.3 is 6.09 Å². The molecule has 0 aromatic heterocycles. The van der Waals surface area contributed by atoms with Crippen molar-refractivity contribution in [2.24, 2.45) is 0 Å². The number of piperidine rings is 1. The highest BCUT2D eigenvalue weighted by atomic mass is 32.2. The van der Waals surface area contributed by atoms with Crippen LogP contribution in [0.1, 0.15) is 57.8 Å². The Bertz CT molecular complexity index is 795. The van der Waals surface area contributed by atoms with Crippen molar-refractivity contribution in [2.75, 3.05) is 20.2 Å². The molecule has 1 saturated carbocycles. The predicted octanol–water partition coefficient (Wildman–Crippen LogP) is 3.49. The van der Waals surface area contributed by atoms with Crippen molar-refractivity contribution < 1.29 is 27.9 Å². The number of likely N-dealkylation sites (tertiary alicyclic amines) is 1. The van der Waals surface area contributed by atoms with Gasteiger partial charge in [-0.25, -0.2) is 18.7 Å². The van der Waals surface area contributed by atoms with Gasteiger partial charge in [0.15, 0.2) is 0 Å². The highest BCUT2D eigenvalue weighted by molar-refractivity contribution is 7.92. The average molecular weight is 441 g/mol. The van der Waals surface area contributed by atoms with Crippen LogP contribution in [0.25, 0.3) is 0 Å². The molecule has 1 aliphatic carbocycles. The molecular formula is C21H32N2O6S. The molecule has 168 valence electrons. The van der Waals surface area contributed by atoms with Crippen LogP contribution in [0.5, 0.6) is 5.75 Å². The van der Waals surface area contributed by atoms with Gasteiger partial charge < -0.3 is 14.4 Å². The van der Waals surface area contributed by atoms with E-state index < -0.39 is 20.9 Å². The van der Waals surface area contributed by atoms with Crippen LogP contribution in [0.15, 0.2) is 29.2 Å². The van der Waals surface area contributed by atoms with E-state index in [0.29, 0.717) is 24.9 Å². The number of ether oxygens (including phenoxy) is 2. The van der Waals surface area contributed by atoms with Crippen molar-refractivity contribution in [1.82, 2.24) is 10.4 Å². The van der Waals surface area contributed by atoms with Gasteiger partial charge in [-0.05, 0) is 37.1 Å². The highest BCUT2D eigenvalue weighted by Gasteiger charge is 2.51. The lowest BCUT2D eigenvalue weighted by atomic mass is 9.93. The van der Waals surface area contributed by atoms with Gasteiger partial charge in [-0.1, -0.05) is 32.1 Å². The lowest BCUT2D eigenvalue weighted by Gasteiger charge is -2.43. The Morgan fingerprint density at radius 3 is 2.17 bits per heavy atom. The molecule has 8 nitrogen and oxygen atoms in total. The zero-order chi connectivity index (χ0) is 21.6. The smallest absolute Gasteiger partial charge is 0.432 e. The van der Waals surface area contributed by atoms with E-state index in [2.05, 4.69) is 4.90 Å². The lowest BCUT2D eigenvalue weighted by Crippen LogP contribution is -2.54. The van der Waals surface area contributed by atoms with Crippen LogP contribution in [0, 0.1) is 0 Å². The molecular weight excluding hydrogens is 408 g/mol. The summed E-state index contributed by atoms with van der Waals surface area (Å²) in [4.78, 5) is 12.5. The van der Waals surface area contributed by atoms with Gasteiger partial charge in [0, 0.05) is 32.0 Å². The summed E-state index contributed by atoms with van der Waals surface area (Å²) in [7, 11) is -2.49. The van der Waals surface area contributed by atoms with Crippen LogP contribution in [0.3, 0.4) is 0 Å². The molecule has 9 heteroatoms. The molecule has 3 rings (SSSR count). The number of carbonyl (C=O) groups excluding carboxylic acids is 1. The Morgan fingerprint density at radius 1 is 1.07 bits per heavy atom. The number of methoxy groups -OCH3 is 1. The zero-order valence-electron chi connectivity index (χ0n) is 17.5. The second-order valence-corrected chi connectivity index (χ2v) is 10.3. The highest BCUT2D eigenvalue weighted by Crippen LogP contribution is 2.38. The van der Waals surface area contributed by atoms with Crippen LogP contribution in [-0.2, 0) is 14.6 Å². The minimum atomic E-state index is -4.00. The van der Waals surface area contributed by atoms with Gasteiger partial charge in [-0.2, -0.15) is 0 Å². The summed E-state index contributed by atoms with van der Waals surface area (Å²) < 4.78 is 37.4. The fourth-order valence-electron chi connectivity index (χ4n) is 4.62. The number of hydrogen-bond donors (Lipinski definition) is 2. The lowest BCUT2D eigenvalue weighted by molar-refractivity contribution is -0.00852. The Labute approximate surface area is 178 Å². The minimum Gasteiger partial charge on any atom is -0.497 e. The number of carbonyl (C=O) groups is 1. The van der Waals surface area contributed by atoms with Crippen molar-refractivity contribution in [3.8, 4) is 5.75 Å². The number of sulfone groups is 1. The van der Waals surface area contributed by atoms with Gasteiger partial charge in [0.1, 0.15) is 5.75 Å². The fourth-order valence-corrected chi connectivity index (χ4v) is 6.45. The summed E-state index contributed by atoms with van der Waals surface area (Å²) in [5.41, 5.74) is 1.41. The van der Waals surface area contributed by atoms with E-state index in [4.69, 9.17) is 14.7 Å². The molecule has 0 unspecified atom stereocenters. The normalized spacial score (nSPS) is 21.3. The van der Waals surface area contributed by atoms with Crippen LogP contribution < -0.4 is 10.2 Å². The van der Waals surface area contributed by atoms with Crippen molar-refractivity contribution >= 4 is 15.9 Å². The predicted molar refractivity (Wildman–Crippen MR) is 111 cm³/mol. The van der Waals surface area contributed by atoms with Crippen LogP contribution >= 0.6 is 0 Å². The third-order valence-electron chi connectivity index (χ3n) is 6.38. The number of rotatable bonds is 5. The van der Waals surface area contributed by atoms with Gasteiger partial charge in [-0.15, -0.1) is 0 Å². The van der Waals surface area contributed by atoms with E-state index in [9.17, 15) is 13.2 Å². The van der Waals surface area contributed by atoms with Crippen LogP contribution in [-0.4, -0.2) is 55.8 Å². The monoisotopic (exact) mass is 440 g/mol. The molecule has 2 fully saturated rings. The van der Waals surface area contributed by atoms with Crippen molar-refractivity contribution in [1.29, 1.82) is 0 Å². The van der Waals surface area contributed by atoms with Gasteiger partial charge in [0.05, 0.1) is 12.0 Å². The van der Waals surface area contributed by atoms with Crippen molar-refractivity contribution in [3.05, 3.63) is 24.3 Å². The molecule has 2 aliphatic rings. The first kappa shape index (κ1) is 22.8. The topological polar surface area (TPSA) is 105 Å². The first-order chi connectivity index (χ1) is 14.4. The average Bonchev–Trinajstić information content (AvgIpc) is 2.74. The molecule has 1 heterocycles. The number of benzene rings is 1. The molecule has 0 bridgehead atoms. The molecule has 1 aliphatic heterocycles. The maximum atomic E-state index is 13.5. The number of hydrogen-bond acceptors (Lipinski definition) is 7. The number of hydroxylamine groups is 1. The summed E-state index contributed by atoms with van der Waals surface area (Å²) >= 11 is 0. The maximum absolute atomic E-state index is 13.5. The Hall–Kier alpha value is -1.84. The Kier molecular flexibility index (Phi) is 7.60. The number of nitrogens with one attached hydrogen (secondary N) is 1. The third-order valence-corrected chi connectivity index (χ3v) is 8.74. The van der Waals surface area contributed by atoms with Gasteiger partial charge in [0.25, 0.3) is 0 Å². The molecule has 1 aromatic rings. The quantitative estimate of drug-likeness (QED) is 0.533. The SMILES string of the molecule is COc1ccc(S(=O)(=O)C2(OC(=O)NO)CCN(C3CCCCCCC3)CC2)cc1. The Morgan fingerprint density at radius 2 is 1.63 bits per heavy atom. The second kappa shape index (κ2) is 9.98. The second-order valence-electron chi connectivity index (χ2n) is 8.13. The third kappa shape index (κ3) is 4.90. The van der Waals surface area contributed by atoms with E-state index in [0.717, 1.165) is 12.8 Å². The molecule has 1 saturated heterocycles. The van der Waals surface area contributed by atoms with Gasteiger partial charge in [0.2, 0.25) is 14.8 Å². The van der Waals surface area contributed by atoms with Crippen LogP contribution in [0.2, 0.25) is 0 Å². The molecule has 2 N–H and O–H groups in total. The summed E-state index contributed by atoms with van der Waals surface area (Å²) in [5, 5.41) is 8.95. The minimum absolute atomic E-state index is 0.0634. The van der Waals surface area contributed by atoms with Crippen molar-refractivity contribution in [2.45, 2.75) is 73.7 Å². The molecule has 1 aromatic carbocycles. The zero-order valence-corrected chi connectivity index (χ0v) is 18.3. The Balaban J connectivity index is 1.81. The maximum Gasteiger partial charge on any atom is 0.432 e. The van der Waals surface area contributed by atoms with Gasteiger partial charge in [-0.3, -0.25) is 5.21 Å². The molecule has 1 amide bonds. The van der Waals surface area contributed by atoms with E-state index in [1.165, 1.54) is 56.8 Å². The molecule has 0 radical (unpaired) electrons. The first-order valence-corrected chi connectivity index (χ1v) is 12.2. The number of nitrogens with zero attached hydrogens (tertiary/aromatic N) is 1. The fraction of sp³-hybridized carbons (Fsp3) is 0.667. The summed E-state index contributed by atoms with van der Waals surface area (Å²) in [6.07, 6.45) is 7.58.